The lowest BCUT2D eigenvalue weighted by Gasteiger charge is -2.38. The minimum Gasteiger partial charge on any atom is -0.444 e. The number of nitrogens with zero attached hydrogens (tertiary/aromatic N) is 4. The van der Waals surface area contributed by atoms with E-state index in [1.807, 2.05) is 71.0 Å². The van der Waals surface area contributed by atoms with Crippen LogP contribution in [0.25, 0.3) is 0 Å². The number of nitrogens with one attached hydrogen (secondary N) is 3. The Labute approximate surface area is 288 Å². The van der Waals surface area contributed by atoms with Crippen LogP contribution in [0.4, 0.5) is 9.93 Å². The third kappa shape index (κ3) is 12.0. The highest BCUT2D eigenvalue weighted by molar-refractivity contribution is 7.15. The second-order valence-corrected chi connectivity index (χ2v) is 15.6. The molecule has 3 unspecified atom stereocenters. The maximum Gasteiger partial charge on any atom is 0.408 e. The van der Waals surface area contributed by atoms with E-state index in [1.54, 1.807) is 6.92 Å². The van der Waals surface area contributed by atoms with Crippen molar-refractivity contribution in [2.75, 3.05) is 5.32 Å². The Morgan fingerprint density at radius 1 is 1.00 bits per heavy atom. The molecule has 11 nitrogen and oxygen atoms in total. The van der Waals surface area contributed by atoms with E-state index in [9.17, 15) is 14.7 Å². The molecular weight excluding hydrogens is 627 g/mol. The van der Waals surface area contributed by atoms with E-state index in [-0.39, 0.29) is 24.2 Å². The van der Waals surface area contributed by atoms with Gasteiger partial charge in [-0.2, -0.15) is 5.10 Å². The number of rotatable bonds is 13. The summed E-state index contributed by atoms with van der Waals surface area (Å²) in [5.41, 5.74) is 0.682. The number of aromatic nitrogens is 2. The first-order valence-electron chi connectivity index (χ1n) is 16.8. The van der Waals surface area contributed by atoms with Gasteiger partial charge in [-0.25, -0.2) is 4.79 Å². The van der Waals surface area contributed by atoms with Crippen molar-refractivity contribution in [1.29, 1.82) is 0 Å². The molecule has 2 aromatic rings. The number of hydrogen-bond acceptors (Lipinski definition) is 10. The van der Waals surface area contributed by atoms with Gasteiger partial charge in [0.15, 0.2) is 0 Å². The number of amides is 2. The quantitative estimate of drug-likeness (QED) is 0.136. The summed E-state index contributed by atoms with van der Waals surface area (Å²) in [6.45, 7) is 13.3. The summed E-state index contributed by atoms with van der Waals surface area (Å²) in [6, 6.07) is 9.85. The Bertz CT molecular complexity index is 1540. The van der Waals surface area contributed by atoms with Gasteiger partial charge in [-0.1, -0.05) is 66.8 Å². The van der Waals surface area contributed by atoms with Gasteiger partial charge in [-0.15, -0.1) is 15.3 Å². The molecule has 4 rings (SSSR count). The molecule has 1 aliphatic carbocycles. The van der Waals surface area contributed by atoms with Crippen molar-refractivity contribution in [2.24, 2.45) is 22.0 Å². The van der Waals surface area contributed by atoms with Gasteiger partial charge in [-0.3, -0.25) is 4.79 Å². The molecule has 0 spiro atoms. The Morgan fingerprint density at radius 2 is 1.73 bits per heavy atom. The topological polar surface area (TPSA) is 150 Å². The van der Waals surface area contributed by atoms with Crippen molar-refractivity contribution in [3.8, 4) is 0 Å². The first kappa shape index (κ1) is 36.9. The number of carbonyl (C=O) groups is 2. The largest absolute Gasteiger partial charge is 0.444 e. The lowest BCUT2D eigenvalue weighted by atomic mass is 9.74. The Morgan fingerprint density at radius 3 is 2.42 bits per heavy atom. The predicted molar refractivity (Wildman–Crippen MR) is 192 cm³/mol. The fourth-order valence-corrected chi connectivity index (χ4v) is 6.80. The highest BCUT2D eigenvalue weighted by Gasteiger charge is 2.35. The van der Waals surface area contributed by atoms with Crippen LogP contribution in [0.3, 0.4) is 0 Å². The Hall–Kier alpha value is -3.90. The number of amidine groups is 1. The molecule has 1 aromatic carbocycles. The first-order chi connectivity index (χ1) is 22.6. The fourth-order valence-electron chi connectivity index (χ4n) is 5.89. The molecule has 0 bridgehead atoms. The van der Waals surface area contributed by atoms with Gasteiger partial charge < -0.3 is 25.8 Å². The van der Waals surface area contributed by atoms with Gasteiger partial charge in [0.25, 0.3) is 0 Å². The summed E-state index contributed by atoms with van der Waals surface area (Å²) in [7, 11) is 0. The second-order valence-electron chi connectivity index (χ2n) is 14.5. The van der Waals surface area contributed by atoms with Gasteiger partial charge in [0, 0.05) is 36.4 Å². The number of allylic oxidation sites excluding steroid dienone is 2. The van der Waals surface area contributed by atoms with E-state index in [2.05, 4.69) is 55.4 Å². The zero-order chi connectivity index (χ0) is 35.0. The normalized spacial score (nSPS) is 19.4. The molecule has 0 saturated carbocycles. The Kier molecular flexibility index (Phi) is 12.3. The molecule has 260 valence electrons. The molecule has 2 heterocycles. The summed E-state index contributed by atoms with van der Waals surface area (Å²) >= 11 is 1.46. The third-order valence-electron chi connectivity index (χ3n) is 8.18. The van der Waals surface area contributed by atoms with Gasteiger partial charge in [-0.05, 0) is 84.3 Å². The van der Waals surface area contributed by atoms with Crippen LogP contribution in [-0.4, -0.2) is 55.7 Å². The van der Waals surface area contributed by atoms with Crippen LogP contribution < -0.4 is 16.0 Å². The summed E-state index contributed by atoms with van der Waals surface area (Å²) in [5, 5.41) is 38.5. The van der Waals surface area contributed by atoms with Crippen LogP contribution in [0.5, 0.6) is 0 Å². The van der Waals surface area contributed by atoms with Crippen molar-refractivity contribution in [3.63, 3.8) is 0 Å². The zero-order valence-corrected chi connectivity index (χ0v) is 30.1. The molecule has 0 fully saturated rings. The second kappa shape index (κ2) is 16.0. The number of aryl methyl sites for hydroxylation is 1. The highest BCUT2D eigenvalue weighted by Crippen LogP contribution is 2.33. The minimum absolute atomic E-state index is 0.0103. The van der Waals surface area contributed by atoms with Crippen LogP contribution in [0.2, 0.25) is 0 Å². The summed E-state index contributed by atoms with van der Waals surface area (Å²) in [6.07, 6.45) is 11.3. The number of benzene rings is 1. The number of aliphatic hydroxyl groups is 1. The lowest BCUT2D eigenvalue weighted by Crippen LogP contribution is -2.52. The van der Waals surface area contributed by atoms with Crippen molar-refractivity contribution < 1.29 is 19.4 Å². The van der Waals surface area contributed by atoms with Crippen LogP contribution in [0, 0.1) is 11.8 Å². The van der Waals surface area contributed by atoms with E-state index in [0.717, 1.165) is 54.0 Å². The molecule has 4 N–H and O–H groups in total. The van der Waals surface area contributed by atoms with Crippen molar-refractivity contribution in [2.45, 2.75) is 117 Å². The number of carbonyl (C=O) groups excluding carboxylic acids is 2. The summed E-state index contributed by atoms with van der Waals surface area (Å²) in [4.78, 5) is 25.4. The fraction of sp³-hybridized carbons (Fsp3) is 0.556. The maximum absolute atomic E-state index is 12.9. The maximum atomic E-state index is 12.9. The average Bonchev–Trinajstić information content (AvgIpc) is 3.42. The molecule has 48 heavy (non-hydrogen) atoms. The monoisotopic (exact) mass is 677 g/mol. The van der Waals surface area contributed by atoms with Gasteiger partial charge in [0.05, 0.1) is 6.42 Å². The van der Waals surface area contributed by atoms with Crippen LogP contribution in [0.1, 0.15) is 97.6 Å². The first-order valence-corrected chi connectivity index (χ1v) is 17.6. The average molecular weight is 678 g/mol. The lowest BCUT2D eigenvalue weighted by molar-refractivity contribution is -0.119. The van der Waals surface area contributed by atoms with Crippen molar-refractivity contribution in [1.82, 2.24) is 20.8 Å². The summed E-state index contributed by atoms with van der Waals surface area (Å²) < 4.78 is 5.47. The third-order valence-corrected chi connectivity index (χ3v) is 9.08. The molecule has 2 amide bonds. The van der Waals surface area contributed by atoms with E-state index < -0.39 is 23.0 Å². The number of hydrogen-bond donors (Lipinski definition) is 4. The van der Waals surface area contributed by atoms with E-state index in [0.29, 0.717) is 23.8 Å². The highest BCUT2D eigenvalue weighted by atomic mass is 32.1. The van der Waals surface area contributed by atoms with Crippen LogP contribution in [-0.2, 0) is 22.4 Å². The SMILES string of the molecule is CC1C=CC(CC(=O)NC2=NN=C(CCCCc3nnc(NC(C)(O)Cc4ccccc4)s3)CC2)=CC1C(C)(C)NC(=O)OC(C)(C)C. The van der Waals surface area contributed by atoms with Crippen LogP contribution >= 0.6 is 11.3 Å². The Balaban J connectivity index is 1.19. The number of unbranched alkanes of at least 4 members (excludes halogenated alkanes) is 1. The van der Waals surface area contributed by atoms with Crippen molar-refractivity contribution >= 4 is 40.0 Å². The van der Waals surface area contributed by atoms with Gasteiger partial charge >= 0.3 is 6.09 Å². The molecule has 1 aliphatic heterocycles. The van der Waals surface area contributed by atoms with E-state index in [4.69, 9.17) is 4.74 Å². The number of ether oxygens (including phenoxy) is 1. The number of anilines is 1. The molecular formula is C36H51N7O4S. The molecule has 1 aromatic heterocycles. The smallest absolute Gasteiger partial charge is 0.408 e. The van der Waals surface area contributed by atoms with Gasteiger partial charge in [0.1, 0.15) is 22.2 Å². The van der Waals surface area contributed by atoms with Crippen molar-refractivity contribution in [3.05, 3.63) is 64.7 Å². The predicted octanol–water partition coefficient (Wildman–Crippen LogP) is 6.72. The summed E-state index contributed by atoms with van der Waals surface area (Å²) in [5.74, 6) is 0.613. The number of alkyl carbamates (subject to hydrolysis) is 1. The standard InChI is InChI=1S/C36H51N7O4S/c1-24-17-18-26(21-28(24)35(5,6)39-33(45)47-34(2,3)4)22-30(44)37-29-20-19-27(40-41-29)15-11-12-16-31-42-43-32(48-31)38-36(7,46)23-25-13-9-8-10-14-25/h8-10,13-14,17-18,21,24,28,46H,11-12,15-16,19-20,22-23H2,1-7H3,(H,38,43)(H,39,45)(H,37,41,44). The molecule has 3 atom stereocenters. The van der Waals surface area contributed by atoms with Crippen LogP contribution in [0.15, 0.2) is 64.3 Å². The van der Waals surface area contributed by atoms with E-state index in [1.165, 1.54) is 11.3 Å². The van der Waals surface area contributed by atoms with E-state index >= 15 is 0 Å². The molecule has 12 heteroatoms. The zero-order valence-electron chi connectivity index (χ0n) is 29.3. The molecule has 0 saturated heterocycles. The van der Waals surface area contributed by atoms with Gasteiger partial charge in [0.2, 0.25) is 11.0 Å². The molecule has 0 radical (unpaired) electrons. The minimum atomic E-state index is -1.12. The molecule has 2 aliphatic rings.